The Morgan fingerprint density at radius 1 is 1.20 bits per heavy atom. The molecule has 2 aromatic rings. The molecular formula is C14H11N. The van der Waals surface area contributed by atoms with Crippen molar-refractivity contribution in [3.8, 4) is 23.6 Å². The quantitative estimate of drug-likeness (QED) is 0.567. The van der Waals surface area contributed by atoms with Crippen LogP contribution in [0.4, 0.5) is 0 Å². The van der Waals surface area contributed by atoms with Crippen molar-refractivity contribution in [3.63, 3.8) is 0 Å². The van der Waals surface area contributed by atoms with Crippen LogP contribution in [0.2, 0.25) is 0 Å². The van der Waals surface area contributed by atoms with Crippen molar-refractivity contribution in [2.45, 2.75) is 13.0 Å². The van der Waals surface area contributed by atoms with E-state index in [2.05, 4.69) is 40.9 Å². The molecule has 3 rings (SSSR count). The summed E-state index contributed by atoms with van der Waals surface area (Å²) in [6, 6.07) is 10.5. The Morgan fingerprint density at radius 2 is 2.07 bits per heavy atom. The number of nitrogens with zero attached hydrogens (tertiary/aromatic N) is 1. The molecule has 0 fully saturated rings. The van der Waals surface area contributed by atoms with Crippen molar-refractivity contribution in [2.75, 3.05) is 0 Å². The zero-order chi connectivity index (χ0) is 10.3. The molecule has 0 aliphatic carbocycles. The van der Waals surface area contributed by atoms with E-state index in [0.717, 1.165) is 18.5 Å². The van der Waals surface area contributed by atoms with Gasteiger partial charge >= 0.3 is 0 Å². The highest BCUT2D eigenvalue weighted by Crippen LogP contribution is 2.32. The maximum Gasteiger partial charge on any atom is 0.0642 e. The van der Waals surface area contributed by atoms with Gasteiger partial charge in [0, 0.05) is 18.3 Å². The van der Waals surface area contributed by atoms with Gasteiger partial charge in [0.2, 0.25) is 0 Å². The third-order valence-corrected chi connectivity index (χ3v) is 3.01. The van der Waals surface area contributed by atoms with Gasteiger partial charge in [0.25, 0.3) is 0 Å². The molecule has 1 aromatic heterocycles. The van der Waals surface area contributed by atoms with Gasteiger partial charge in [-0.15, -0.1) is 6.42 Å². The Bertz CT molecular complexity index is 555. The van der Waals surface area contributed by atoms with E-state index < -0.39 is 0 Å². The van der Waals surface area contributed by atoms with Crippen LogP contribution < -0.4 is 0 Å². The topological polar surface area (TPSA) is 4.93 Å². The fourth-order valence-corrected chi connectivity index (χ4v) is 2.29. The second-order valence-corrected chi connectivity index (χ2v) is 3.82. The largest absolute Gasteiger partial charge is 0.346 e. The number of fused-ring (bicyclic) bond motifs is 3. The smallest absolute Gasteiger partial charge is 0.0642 e. The van der Waals surface area contributed by atoms with Gasteiger partial charge in [0.15, 0.2) is 0 Å². The van der Waals surface area contributed by atoms with Crippen molar-refractivity contribution in [3.05, 3.63) is 47.7 Å². The summed E-state index contributed by atoms with van der Waals surface area (Å²) in [6.07, 6.45) is 8.70. The van der Waals surface area contributed by atoms with Crippen LogP contribution in [-0.2, 0) is 13.0 Å². The predicted molar refractivity (Wildman–Crippen MR) is 61.5 cm³/mol. The second kappa shape index (κ2) is 3.03. The van der Waals surface area contributed by atoms with Gasteiger partial charge in [-0.1, -0.05) is 30.2 Å². The number of terminal acetylenes is 1. The number of hydrogen-bond acceptors (Lipinski definition) is 0. The summed E-state index contributed by atoms with van der Waals surface area (Å²) in [4.78, 5) is 0. The molecule has 1 aromatic carbocycles. The average molecular weight is 193 g/mol. The monoisotopic (exact) mass is 193 g/mol. The molecule has 72 valence electrons. The van der Waals surface area contributed by atoms with E-state index in [4.69, 9.17) is 6.42 Å². The Labute approximate surface area is 89.4 Å². The summed E-state index contributed by atoms with van der Waals surface area (Å²) in [5.74, 6) is 2.76. The Kier molecular flexibility index (Phi) is 1.69. The van der Waals surface area contributed by atoms with Gasteiger partial charge in [0.1, 0.15) is 0 Å². The van der Waals surface area contributed by atoms with E-state index in [1.54, 1.807) is 0 Å². The van der Waals surface area contributed by atoms with Crippen LogP contribution in [0.25, 0.3) is 11.3 Å². The first kappa shape index (κ1) is 8.38. The zero-order valence-corrected chi connectivity index (χ0v) is 8.40. The summed E-state index contributed by atoms with van der Waals surface area (Å²) in [5, 5.41) is 0. The Balaban J connectivity index is 2.33. The molecule has 1 heteroatoms. The fourth-order valence-electron chi connectivity index (χ4n) is 2.29. The molecule has 0 saturated heterocycles. The van der Waals surface area contributed by atoms with E-state index in [-0.39, 0.29) is 0 Å². The molecule has 0 bridgehead atoms. The molecule has 0 spiro atoms. The minimum atomic E-state index is 1.00. The van der Waals surface area contributed by atoms with Gasteiger partial charge in [0.05, 0.1) is 11.3 Å². The van der Waals surface area contributed by atoms with Crippen LogP contribution in [0.15, 0.2) is 36.5 Å². The Morgan fingerprint density at radius 3 is 2.93 bits per heavy atom. The fraction of sp³-hybridized carbons (Fsp3) is 0.143. The normalized spacial score (nSPS) is 12.7. The summed E-state index contributed by atoms with van der Waals surface area (Å²) >= 11 is 0. The summed E-state index contributed by atoms with van der Waals surface area (Å²) < 4.78 is 2.25. The molecule has 15 heavy (non-hydrogen) atoms. The van der Waals surface area contributed by atoms with Crippen LogP contribution in [0.5, 0.6) is 0 Å². The minimum Gasteiger partial charge on any atom is -0.346 e. The molecule has 1 aliphatic rings. The number of rotatable bonds is 0. The third-order valence-electron chi connectivity index (χ3n) is 3.01. The molecule has 0 unspecified atom stereocenters. The van der Waals surface area contributed by atoms with Crippen LogP contribution in [-0.4, -0.2) is 4.57 Å². The van der Waals surface area contributed by atoms with Crippen molar-refractivity contribution in [1.82, 2.24) is 4.57 Å². The summed E-state index contributed by atoms with van der Waals surface area (Å²) in [5.41, 5.74) is 4.91. The highest BCUT2D eigenvalue weighted by molar-refractivity contribution is 5.72. The molecule has 0 saturated carbocycles. The minimum absolute atomic E-state index is 1.00. The lowest BCUT2D eigenvalue weighted by molar-refractivity contribution is 0.689. The van der Waals surface area contributed by atoms with E-state index in [0.29, 0.717) is 0 Å². The maximum atomic E-state index is 5.51. The predicted octanol–water partition coefficient (Wildman–Crippen LogP) is 2.69. The third kappa shape index (κ3) is 1.12. The van der Waals surface area contributed by atoms with Gasteiger partial charge in [-0.25, -0.2) is 0 Å². The maximum absolute atomic E-state index is 5.51. The van der Waals surface area contributed by atoms with Crippen molar-refractivity contribution < 1.29 is 0 Å². The van der Waals surface area contributed by atoms with Gasteiger partial charge < -0.3 is 4.57 Å². The molecule has 0 radical (unpaired) electrons. The van der Waals surface area contributed by atoms with Crippen molar-refractivity contribution >= 4 is 0 Å². The van der Waals surface area contributed by atoms with Crippen molar-refractivity contribution in [1.29, 1.82) is 0 Å². The second-order valence-electron chi connectivity index (χ2n) is 3.82. The zero-order valence-electron chi connectivity index (χ0n) is 8.40. The Hall–Kier alpha value is -1.94. The number of aryl methyl sites for hydroxylation is 2. The van der Waals surface area contributed by atoms with E-state index >= 15 is 0 Å². The molecule has 0 atom stereocenters. The van der Waals surface area contributed by atoms with E-state index in [9.17, 15) is 0 Å². The molecule has 1 aliphatic heterocycles. The standard InChI is InChI=1S/C14H11N/c1-2-11-7-9-15-10-8-12-5-3-4-6-13(12)14(11)15/h1,3-7,9H,8,10H2. The molecule has 0 N–H and O–H groups in total. The van der Waals surface area contributed by atoms with Gasteiger partial charge in [-0.05, 0) is 18.1 Å². The first-order valence-electron chi connectivity index (χ1n) is 5.14. The van der Waals surface area contributed by atoms with Gasteiger partial charge in [-0.2, -0.15) is 0 Å². The lowest BCUT2D eigenvalue weighted by atomic mass is 9.97. The molecule has 0 amide bonds. The number of hydrogen-bond donors (Lipinski definition) is 0. The summed E-state index contributed by atoms with van der Waals surface area (Å²) in [7, 11) is 0. The number of aromatic nitrogens is 1. The SMILES string of the molecule is C#Cc1ccn2c1-c1ccccc1CC2. The lowest BCUT2D eigenvalue weighted by Crippen LogP contribution is -2.09. The number of benzene rings is 1. The first-order chi connectivity index (χ1) is 7.40. The van der Waals surface area contributed by atoms with E-state index in [1.807, 2.05) is 6.07 Å². The van der Waals surface area contributed by atoms with Crippen molar-refractivity contribution in [2.24, 2.45) is 0 Å². The van der Waals surface area contributed by atoms with Crippen LogP contribution in [0.3, 0.4) is 0 Å². The van der Waals surface area contributed by atoms with Gasteiger partial charge in [-0.3, -0.25) is 0 Å². The molecule has 2 heterocycles. The lowest BCUT2D eigenvalue weighted by Gasteiger charge is -2.19. The van der Waals surface area contributed by atoms with Crippen LogP contribution in [0.1, 0.15) is 11.1 Å². The van der Waals surface area contributed by atoms with Crippen LogP contribution in [0, 0.1) is 12.3 Å². The summed E-state index contributed by atoms with van der Waals surface area (Å²) in [6.45, 7) is 1.04. The van der Waals surface area contributed by atoms with Crippen LogP contribution >= 0.6 is 0 Å². The molecule has 1 nitrogen and oxygen atoms in total. The molecular weight excluding hydrogens is 182 g/mol. The average Bonchev–Trinajstić information content (AvgIpc) is 2.72. The highest BCUT2D eigenvalue weighted by atomic mass is 15.0. The van der Waals surface area contributed by atoms with E-state index in [1.165, 1.54) is 16.8 Å². The highest BCUT2D eigenvalue weighted by Gasteiger charge is 2.17. The first-order valence-corrected chi connectivity index (χ1v) is 5.14.